The van der Waals surface area contributed by atoms with E-state index in [4.69, 9.17) is 0 Å². The average molecular weight is 272 g/mol. The first kappa shape index (κ1) is 13.1. The second-order valence-electron chi connectivity index (χ2n) is 3.86. The van der Waals surface area contributed by atoms with Crippen LogP contribution in [0.1, 0.15) is 16.8 Å². The molecule has 0 aromatic heterocycles. The zero-order valence-corrected chi connectivity index (χ0v) is 9.30. The zero-order valence-electron chi connectivity index (χ0n) is 9.30. The van der Waals surface area contributed by atoms with E-state index in [9.17, 15) is 27.6 Å². The van der Waals surface area contributed by atoms with E-state index >= 15 is 0 Å². The number of benzene rings is 1. The molecule has 0 atom stereocenters. The van der Waals surface area contributed by atoms with Gasteiger partial charge in [0.15, 0.2) is 0 Å². The first-order valence-corrected chi connectivity index (χ1v) is 5.12. The molecule has 2 N–H and O–H groups in total. The summed E-state index contributed by atoms with van der Waals surface area (Å²) in [6.07, 6.45) is -5.43. The molecule has 0 aliphatic carbocycles. The third kappa shape index (κ3) is 2.72. The SMILES string of the molecule is O=C1CC(=O)Nc2cc(C(=O)C(F)(F)F)ccc2N1. The number of halogens is 3. The van der Waals surface area contributed by atoms with E-state index in [0.29, 0.717) is 0 Å². The van der Waals surface area contributed by atoms with Crippen LogP contribution in [0.5, 0.6) is 0 Å². The first-order valence-electron chi connectivity index (χ1n) is 5.12. The number of carbonyl (C=O) groups is 3. The quantitative estimate of drug-likeness (QED) is 0.603. The molecular formula is C11H7F3N2O3. The van der Waals surface area contributed by atoms with Crippen LogP contribution >= 0.6 is 0 Å². The first-order chi connectivity index (χ1) is 8.77. The van der Waals surface area contributed by atoms with Crippen LogP contribution in [0.4, 0.5) is 24.5 Å². The molecule has 1 heterocycles. The summed E-state index contributed by atoms with van der Waals surface area (Å²) in [7, 11) is 0. The molecule has 8 heteroatoms. The molecule has 5 nitrogen and oxygen atoms in total. The van der Waals surface area contributed by atoms with E-state index in [1.54, 1.807) is 0 Å². The van der Waals surface area contributed by atoms with Gasteiger partial charge in [0, 0.05) is 5.56 Å². The number of nitrogens with one attached hydrogen (secondary N) is 2. The van der Waals surface area contributed by atoms with E-state index in [1.807, 2.05) is 0 Å². The zero-order chi connectivity index (χ0) is 14.2. The summed E-state index contributed by atoms with van der Waals surface area (Å²) in [5.41, 5.74) is -0.497. The number of amides is 2. The molecule has 0 bridgehead atoms. The van der Waals surface area contributed by atoms with Crippen LogP contribution in [0.2, 0.25) is 0 Å². The van der Waals surface area contributed by atoms with Crippen molar-refractivity contribution >= 4 is 29.0 Å². The van der Waals surface area contributed by atoms with Gasteiger partial charge in [0.05, 0.1) is 11.4 Å². The molecule has 0 fully saturated rings. The van der Waals surface area contributed by atoms with Crippen LogP contribution in [-0.4, -0.2) is 23.8 Å². The van der Waals surface area contributed by atoms with Crippen molar-refractivity contribution in [2.75, 3.05) is 10.6 Å². The van der Waals surface area contributed by atoms with Gasteiger partial charge in [0.2, 0.25) is 11.8 Å². The lowest BCUT2D eigenvalue weighted by molar-refractivity contribution is -0.123. The molecule has 0 unspecified atom stereocenters. The Labute approximate surface area is 104 Å². The number of ketones is 1. The van der Waals surface area contributed by atoms with E-state index < -0.39 is 35.8 Å². The van der Waals surface area contributed by atoms with Crippen molar-refractivity contribution in [1.82, 2.24) is 0 Å². The molecule has 2 amide bonds. The fourth-order valence-electron chi connectivity index (χ4n) is 1.60. The van der Waals surface area contributed by atoms with Crippen LogP contribution in [0, 0.1) is 0 Å². The molecule has 1 aliphatic heterocycles. The number of Topliss-reactive ketones (excluding diaryl/α,β-unsaturated/α-hetero) is 1. The highest BCUT2D eigenvalue weighted by molar-refractivity contribution is 6.14. The molecule has 0 spiro atoms. The normalized spacial score (nSPS) is 15.1. The van der Waals surface area contributed by atoms with Crippen molar-refractivity contribution < 1.29 is 27.6 Å². The Morgan fingerprint density at radius 2 is 1.63 bits per heavy atom. The molecule has 0 saturated carbocycles. The summed E-state index contributed by atoms with van der Waals surface area (Å²) in [5.74, 6) is -3.25. The molecular weight excluding hydrogens is 265 g/mol. The Balaban J connectivity index is 2.41. The van der Waals surface area contributed by atoms with Crippen molar-refractivity contribution in [3.8, 4) is 0 Å². The summed E-state index contributed by atoms with van der Waals surface area (Å²) < 4.78 is 36.8. The fourth-order valence-corrected chi connectivity index (χ4v) is 1.60. The summed E-state index contributed by atoms with van der Waals surface area (Å²) in [4.78, 5) is 33.5. The minimum Gasteiger partial charge on any atom is -0.324 e. The molecule has 19 heavy (non-hydrogen) atoms. The molecule has 100 valence electrons. The van der Waals surface area contributed by atoms with E-state index in [1.165, 1.54) is 0 Å². The molecule has 0 saturated heterocycles. The van der Waals surface area contributed by atoms with Crippen molar-refractivity contribution in [3.05, 3.63) is 23.8 Å². The van der Waals surface area contributed by atoms with E-state index in [0.717, 1.165) is 18.2 Å². The van der Waals surface area contributed by atoms with Crippen LogP contribution in [0.3, 0.4) is 0 Å². The van der Waals surface area contributed by atoms with Gasteiger partial charge < -0.3 is 10.6 Å². The molecule has 1 aromatic rings. The Bertz CT molecular complexity index is 581. The second kappa shape index (κ2) is 4.38. The largest absolute Gasteiger partial charge is 0.454 e. The standard InChI is InChI=1S/C11H7F3N2O3/c12-11(13,14)10(19)5-1-2-6-7(3-5)16-9(18)4-8(17)15-6/h1-3H,4H2,(H,15,17)(H,16,18). The average Bonchev–Trinajstić information content (AvgIpc) is 2.42. The maximum Gasteiger partial charge on any atom is 0.454 e. The van der Waals surface area contributed by atoms with Crippen molar-refractivity contribution in [3.63, 3.8) is 0 Å². The van der Waals surface area contributed by atoms with Gasteiger partial charge in [-0.3, -0.25) is 14.4 Å². The van der Waals surface area contributed by atoms with Gasteiger partial charge in [-0.2, -0.15) is 13.2 Å². The van der Waals surface area contributed by atoms with Gasteiger partial charge >= 0.3 is 6.18 Å². The van der Waals surface area contributed by atoms with Gasteiger partial charge in [0.1, 0.15) is 6.42 Å². The van der Waals surface area contributed by atoms with Crippen LogP contribution < -0.4 is 10.6 Å². The summed E-state index contributed by atoms with van der Waals surface area (Å²) in [5, 5.41) is 4.60. The molecule has 1 aliphatic rings. The lowest BCUT2D eigenvalue weighted by atomic mass is 10.1. The summed E-state index contributed by atoms with van der Waals surface area (Å²) in [6.45, 7) is 0. The smallest absolute Gasteiger partial charge is 0.324 e. The highest BCUT2D eigenvalue weighted by Crippen LogP contribution is 2.29. The minimum absolute atomic E-state index is 0.0362. The topological polar surface area (TPSA) is 75.3 Å². The number of rotatable bonds is 1. The third-order valence-corrected chi connectivity index (χ3v) is 2.41. The van der Waals surface area contributed by atoms with Crippen LogP contribution in [0.25, 0.3) is 0 Å². The third-order valence-electron chi connectivity index (χ3n) is 2.41. The number of hydrogen-bond acceptors (Lipinski definition) is 3. The number of hydrogen-bond donors (Lipinski definition) is 2. The molecule has 2 rings (SSSR count). The second-order valence-corrected chi connectivity index (χ2v) is 3.86. The predicted molar refractivity (Wildman–Crippen MR) is 58.7 cm³/mol. The minimum atomic E-state index is -4.99. The fraction of sp³-hybridized carbons (Fsp3) is 0.182. The lowest BCUT2D eigenvalue weighted by Gasteiger charge is -2.10. The Morgan fingerprint density at radius 1 is 1.05 bits per heavy atom. The Morgan fingerprint density at radius 3 is 2.21 bits per heavy atom. The highest BCUT2D eigenvalue weighted by Gasteiger charge is 2.39. The highest BCUT2D eigenvalue weighted by atomic mass is 19.4. The van der Waals surface area contributed by atoms with Gasteiger partial charge in [-0.15, -0.1) is 0 Å². The number of anilines is 2. The Kier molecular flexibility index (Phi) is 3.01. The van der Waals surface area contributed by atoms with Gasteiger partial charge in [0.25, 0.3) is 5.78 Å². The monoisotopic (exact) mass is 272 g/mol. The van der Waals surface area contributed by atoms with E-state index in [2.05, 4.69) is 10.6 Å². The Hall–Kier alpha value is -2.38. The summed E-state index contributed by atoms with van der Waals surface area (Å²) in [6, 6.07) is 2.96. The molecule has 0 radical (unpaired) electrons. The maximum atomic E-state index is 12.3. The van der Waals surface area contributed by atoms with E-state index in [-0.39, 0.29) is 11.4 Å². The predicted octanol–water partition coefficient (Wildman–Crippen LogP) is 1.71. The van der Waals surface area contributed by atoms with Crippen molar-refractivity contribution in [2.45, 2.75) is 12.6 Å². The molecule has 1 aromatic carbocycles. The lowest BCUT2D eigenvalue weighted by Crippen LogP contribution is -2.22. The number of fused-ring (bicyclic) bond motifs is 1. The number of alkyl halides is 3. The number of carbonyl (C=O) groups excluding carboxylic acids is 3. The van der Waals surface area contributed by atoms with Gasteiger partial charge in [-0.1, -0.05) is 0 Å². The maximum absolute atomic E-state index is 12.3. The summed E-state index contributed by atoms with van der Waals surface area (Å²) >= 11 is 0. The van der Waals surface area contributed by atoms with Gasteiger partial charge in [-0.25, -0.2) is 0 Å². The van der Waals surface area contributed by atoms with Crippen molar-refractivity contribution in [1.29, 1.82) is 0 Å². The van der Waals surface area contributed by atoms with Crippen LogP contribution in [-0.2, 0) is 9.59 Å². The van der Waals surface area contributed by atoms with Crippen LogP contribution in [0.15, 0.2) is 18.2 Å². The van der Waals surface area contributed by atoms with Crippen molar-refractivity contribution in [2.24, 2.45) is 0 Å². The van der Waals surface area contributed by atoms with Gasteiger partial charge in [-0.05, 0) is 18.2 Å².